The summed E-state index contributed by atoms with van der Waals surface area (Å²) in [6.45, 7) is 7.64. The van der Waals surface area contributed by atoms with Crippen LogP contribution < -0.4 is 20.9 Å². The fraction of sp³-hybridized carbons (Fsp3) is 0.619. The average molecular weight is 388 g/mol. The summed E-state index contributed by atoms with van der Waals surface area (Å²) >= 11 is 0. The van der Waals surface area contributed by atoms with Gasteiger partial charge in [-0.3, -0.25) is 4.99 Å². The van der Waals surface area contributed by atoms with E-state index in [0.29, 0.717) is 25.1 Å². The zero-order valence-electron chi connectivity index (χ0n) is 17.0. The van der Waals surface area contributed by atoms with Gasteiger partial charge in [-0.15, -0.1) is 0 Å². The minimum atomic E-state index is -0.346. The Labute approximate surface area is 167 Å². The summed E-state index contributed by atoms with van der Waals surface area (Å²) in [5, 5.41) is 9.86. The number of anilines is 1. The lowest BCUT2D eigenvalue weighted by Gasteiger charge is -2.21. The number of aliphatic imine (C=N–C) groups is 1. The molecule has 0 spiro atoms. The molecule has 7 heteroatoms. The van der Waals surface area contributed by atoms with Crippen LogP contribution in [0.15, 0.2) is 35.3 Å². The normalized spacial score (nSPS) is 20.6. The maximum Gasteiger partial charge on any atom is 0.407 e. The molecule has 7 nitrogen and oxygen atoms in total. The van der Waals surface area contributed by atoms with E-state index in [2.05, 4.69) is 52.0 Å². The third kappa shape index (κ3) is 6.04. The SMILES string of the molecule is CCNC(=NCC(NC(=O)OCC)C1CC1)NC1CCN(c2ccccc2)C1. The molecule has 2 fully saturated rings. The molecular weight excluding hydrogens is 354 g/mol. The minimum Gasteiger partial charge on any atom is -0.450 e. The molecule has 1 aromatic rings. The highest BCUT2D eigenvalue weighted by Crippen LogP contribution is 2.32. The molecule has 2 unspecified atom stereocenters. The molecule has 0 radical (unpaired) electrons. The van der Waals surface area contributed by atoms with Crippen molar-refractivity contribution >= 4 is 17.7 Å². The number of carbonyl (C=O) groups is 1. The summed E-state index contributed by atoms with van der Waals surface area (Å²) in [7, 11) is 0. The van der Waals surface area contributed by atoms with Gasteiger partial charge in [0.25, 0.3) is 0 Å². The van der Waals surface area contributed by atoms with Gasteiger partial charge in [-0.2, -0.15) is 0 Å². The van der Waals surface area contributed by atoms with E-state index in [1.807, 2.05) is 13.0 Å². The summed E-state index contributed by atoms with van der Waals surface area (Å²) in [6.07, 6.45) is 3.02. The summed E-state index contributed by atoms with van der Waals surface area (Å²) < 4.78 is 5.03. The van der Waals surface area contributed by atoms with E-state index in [1.54, 1.807) is 0 Å². The maximum atomic E-state index is 11.8. The number of para-hydroxylation sites is 1. The van der Waals surface area contributed by atoms with Gasteiger partial charge in [0.15, 0.2) is 5.96 Å². The Morgan fingerprint density at radius 2 is 2.04 bits per heavy atom. The van der Waals surface area contributed by atoms with Gasteiger partial charge in [0, 0.05) is 31.4 Å². The van der Waals surface area contributed by atoms with Crippen LogP contribution in [0.25, 0.3) is 0 Å². The first-order chi connectivity index (χ1) is 13.7. The Morgan fingerprint density at radius 1 is 1.25 bits per heavy atom. The number of rotatable bonds is 8. The second kappa shape index (κ2) is 10.2. The number of carbonyl (C=O) groups excluding carboxylic acids is 1. The van der Waals surface area contributed by atoms with E-state index < -0.39 is 0 Å². The lowest BCUT2D eigenvalue weighted by Crippen LogP contribution is -2.46. The first-order valence-corrected chi connectivity index (χ1v) is 10.5. The van der Waals surface area contributed by atoms with Gasteiger partial charge >= 0.3 is 6.09 Å². The second-order valence-electron chi connectivity index (χ2n) is 7.44. The molecule has 1 aliphatic heterocycles. The van der Waals surface area contributed by atoms with Gasteiger partial charge in [-0.25, -0.2) is 4.79 Å². The predicted octanol–water partition coefficient (Wildman–Crippen LogP) is 2.35. The van der Waals surface area contributed by atoms with Crippen molar-refractivity contribution in [3.8, 4) is 0 Å². The van der Waals surface area contributed by atoms with Gasteiger partial charge in [0.1, 0.15) is 0 Å². The van der Waals surface area contributed by atoms with Crippen LogP contribution in [0.2, 0.25) is 0 Å². The van der Waals surface area contributed by atoms with E-state index in [1.165, 1.54) is 5.69 Å². The average Bonchev–Trinajstić information content (AvgIpc) is 3.44. The molecule has 2 aliphatic rings. The molecule has 1 heterocycles. The number of guanidine groups is 1. The van der Waals surface area contributed by atoms with E-state index in [-0.39, 0.29) is 12.1 Å². The molecule has 3 rings (SSSR count). The molecule has 1 saturated heterocycles. The Kier molecular flexibility index (Phi) is 7.39. The molecule has 1 aromatic carbocycles. The molecule has 0 bridgehead atoms. The van der Waals surface area contributed by atoms with E-state index in [9.17, 15) is 4.79 Å². The molecule has 1 amide bonds. The molecule has 28 heavy (non-hydrogen) atoms. The highest BCUT2D eigenvalue weighted by Gasteiger charge is 2.32. The van der Waals surface area contributed by atoms with Crippen LogP contribution in [0.1, 0.15) is 33.1 Å². The largest absolute Gasteiger partial charge is 0.450 e. The number of ether oxygens (including phenoxy) is 1. The lowest BCUT2D eigenvalue weighted by atomic mass is 10.2. The predicted molar refractivity (Wildman–Crippen MR) is 113 cm³/mol. The molecule has 3 N–H and O–H groups in total. The lowest BCUT2D eigenvalue weighted by molar-refractivity contribution is 0.147. The van der Waals surface area contributed by atoms with Gasteiger partial charge in [-0.05, 0) is 51.2 Å². The first-order valence-electron chi connectivity index (χ1n) is 10.5. The van der Waals surface area contributed by atoms with Crippen molar-refractivity contribution < 1.29 is 9.53 Å². The number of benzene rings is 1. The highest BCUT2D eigenvalue weighted by atomic mass is 16.5. The fourth-order valence-electron chi connectivity index (χ4n) is 3.59. The molecule has 154 valence electrons. The smallest absolute Gasteiger partial charge is 0.407 e. The maximum absolute atomic E-state index is 11.8. The van der Waals surface area contributed by atoms with E-state index >= 15 is 0 Å². The number of alkyl carbamates (subject to hydrolysis) is 1. The van der Waals surface area contributed by atoms with Crippen molar-refractivity contribution in [1.29, 1.82) is 0 Å². The fourth-order valence-corrected chi connectivity index (χ4v) is 3.59. The Morgan fingerprint density at radius 3 is 2.71 bits per heavy atom. The first kappa shape index (κ1) is 20.3. The van der Waals surface area contributed by atoms with Gasteiger partial charge in [-0.1, -0.05) is 18.2 Å². The molecule has 2 atom stereocenters. The van der Waals surface area contributed by atoms with Crippen molar-refractivity contribution in [3.05, 3.63) is 30.3 Å². The third-order valence-corrected chi connectivity index (χ3v) is 5.21. The Bertz CT molecular complexity index is 647. The number of nitrogens with zero attached hydrogens (tertiary/aromatic N) is 2. The van der Waals surface area contributed by atoms with Crippen molar-refractivity contribution in [2.45, 2.75) is 45.2 Å². The Hall–Kier alpha value is -2.44. The summed E-state index contributed by atoms with van der Waals surface area (Å²) in [5.41, 5.74) is 1.26. The van der Waals surface area contributed by atoms with Gasteiger partial charge < -0.3 is 25.6 Å². The number of hydrogen-bond acceptors (Lipinski definition) is 4. The summed E-state index contributed by atoms with van der Waals surface area (Å²) in [4.78, 5) is 18.9. The van der Waals surface area contributed by atoms with Crippen molar-refractivity contribution in [2.24, 2.45) is 10.9 Å². The summed E-state index contributed by atoms with van der Waals surface area (Å²) in [6, 6.07) is 10.9. The monoisotopic (exact) mass is 387 g/mol. The van der Waals surface area contributed by atoms with E-state index in [4.69, 9.17) is 9.73 Å². The Balaban J connectivity index is 1.54. The molecule has 1 aliphatic carbocycles. The van der Waals surface area contributed by atoms with Crippen molar-refractivity contribution in [1.82, 2.24) is 16.0 Å². The molecule has 0 aromatic heterocycles. The zero-order valence-corrected chi connectivity index (χ0v) is 17.0. The standard InChI is InChI=1S/C21H33N5O2/c1-3-22-20(23-14-19(16-10-11-16)25-21(27)28-4-2)24-17-12-13-26(15-17)18-8-6-5-7-9-18/h5-9,16-17,19H,3-4,10-15H2,1-2H3,(H,25,27)(H2,22,23,24). The van der Waals surface area contributed by atoms with Gasteiger partial charge in [0.05, 0.1) is 19.2 Å². The third-order valence-electron chi connectivity index (χ3n) is 5.21. The van der Waals surface area contributed by atoms with Crippen LogP contribution in [0.4, 0.5) is 10.5 Å². The topological polar surface area (TPSA) is 78.0 Å². The minimum absolute atomic E-state index is 0.0406. The van der Waals surface area contributed by atoms with Crippen LogP contribution in [-0.2, 0) is 4.74 Å². The van der Waals surface area contributed by atoms with Crippen LogP contribution in [0.3, 0.4) is 0 Å². The highest BCUT2D eigenvalue weighted by molar-refractivity contribution is 5.80. The van der Waals surface area contributed by atoms with Crippen LogP contribution in [-0.4, -0.2) is 56.9 Å². The quantitative estimate of drug-likeness (QED) is 0.471. The van der Waals surface area contributed by atoms with Crippen LogP contribution >= 0.6 is 0 Å². The summed E-state index contributed by atoms with van der Waals surface area (Å²) in [5.74, 6) is 1.33. The van der Waals surface area contributed by atoms with Gasteiger partial charge in [0.2, 0.25) is 0 Å². The number of hydrogen-bond donors (Lipinski definition) is 3. The van der Waals surface area contributed by atoms with E-state index in [0.717, 1.165) is 44.9 Å². The number of nitrogens with one attached hydrogen (secondary N) is 3. The second-order valence-corrected chi connectivity index (χ2v) is 7.44. The van der Waals surface area contributed by atoms with Crippen LogP contribution in [0, 0.1) is 5.92 Å². The van der Waals surface area contributed by atoms with Crippen molar-refractivity contribution in [3.63, 3.8) is 0 Å². The molecule has 1 saturated carbocycles. The zero-order chi connectivity index (χ0) is 19.8. The number of amides is 1. The molecular formula is C21H33N5O2. The van der Waals surface area contributed by atoms with Crippen molar-refractivity contribution in [2.75, 3.05) is 37.7 Å². The van der Waals surface area contributed by atoms with Crippen LogP contribution in [0.5, 0.6) is 0 Å².